The number of nitrogens with zero attached hydrogens (tertiary/aromatic N) is 2. The van der Waals surface area contributed by atoms with E-state index in [0.29, 0.717) is 11.3 Å². The van der Waals surface area contributed by atoms with Crippen molar-refractivity contribution in [2.24, 2.45) is 5.92 Å². The lowest BCUT2D eigenvalue weighted by molar-refractivity contribution is -0.0119. The topological polar surface area (TPSA) is 140 Å². The standard InChI is InChI=1S/C31H38FN3O7S/c1-21(2)17-34(43(40,41)26-14-8-23(20-36)9-15-26)18-28(37)27(16-22-6-4-3-5-7-22)33-30(38)29-19-35(31(39)42-29)25-12-10-24(32)11-13-25/h3-15,21,27-30,33,36-38H,16-20H2,1-2H3/t27-,28+,29-,30?/m0/s1. The van der Waals surface area contributed by atoms with E-state index in [-0.39, 0.29) is 43.5 Å². The lowest BCUT2D eigenvalue weighted by Crippen LogP contribution is -2.55. The van der Waals surface area contributed by atoms with Crippen molar-refractivity contribution in [2.45, 2.75) is 56.2 Å². The van der Waals surface area contributed by atoms with Gasteiger partial charge in [0.25, 0.3) is 0 Å². The van der Waals surface area contributed by atoms with Gasteiger partial charge in [0.15, 0.2) is 6.10 Å². The average molecular weight is 616 g/mol. The second-order valence-corrected chi connectivity index (χ2v) is 12.9. The molecule has 1 aliphatic rings. The van der Waals surface area contributed by atoms with Crippen LogP contribution >= 0.6 is 0 Å². The fourth-order valence-electron chi connectivity index (χ4n) is 4.91. The van der Waals surface area contributed by atoms with Crippen LogP contribution in [0.1, 0.15) is 25.0 Å². The minimum Gasteiger partial charge on any atom is -0.440 e. The van der Waals surface area contributed by atoms with E-state index in [1.54, 1.807) is 0 Å². The van der Waals surface area contributed by atoms with Crippen molar-refractivity contribution >= 4 is 21.8 Å². The van der Waals surface area contributed by atoms with Crippen molar-refractivity contribution in [2.75, 3.05) is 24.5 Å². The maximum Gasteiger partial charge on any atom is 0.414 e. The number of amides is 1. The van der Waals surface area contributed by atoms with Gasteiger partial charge in [0.05, 0.1) is 24.2 Å². The fraction of sp³-hybridized carbons (Fsp3) is 0.387. The van der Waals surface area contributed by atoms with Gasteiger partial charge in [0, 0.05) is 24.8 Å². The number of hydrogen-bond acceptors (Lipinski definition) is 8. The van der Waals surface area contributed by atoms with Crippen molar-refractivity contribution in [3.05, 3.63) is 95.8 Å². The predicted octanol–water partition coefficient (Wildman–Crippen LogP) is 2.87. The molecule has 12 heteroatoms. The normalized spacial score (nSPS) is 17.7. The molecule has 0 saturated carbocycles. The van der Waals surface area contributed by atoms with Crippen LogP contribution in [-0.2, 0) is 27.8 Å². The van der Waals surface area contributed by atoms with Crippen molar-refractivity contribution in [3.8, 4) is 0 Å². The van der Waals surface area contributed by atoms with Gasteiger partial charge >= 0.3 is 6.09 Å². The first kappa shape index (κ1) is 32.5. The third-order valence-corrected chi connectivity index (χ3v) is 9.02. The summed E-state index contributed by atoms with van der Waals surface area (Å²) in [5.41, 5.74) is 1.81. The summed E-state index contributed by atoms with van der Waals surface area (Å²) in [6.07, 6.45) is -4.16. The van der Waals surface area contributed by atoms with Gasteiger partial charge in [-0.1, -0.05) is 56.3 Å². The molecule has 1 fully saturated rings. The van der Waals surface area contributed by atoms with E-state index in [2.05, 4.69) is 5.32 Å². The Labute approximate surface area is 251 Å². The quantitative estimate of drug-likeness (QED) is 0.203. The van der Waals surface area contributed by atoms with Gasteiger partial charge in [-0.3, -0.25) is 10.2 Å². The van der Waals surface area contributed by atoms with Crippen LogP contribution < -0.4 is 10.2 Å². The minimum atomic E-state index is -4.02. The zero-order chi connectivity index (χ0) is 31.1. The molecule has 1 amide bonds. The van der Waals surface area contributed by atoms with Gasteiger partial charge in [-0.15, -0.1) is 0 Å². The number of carbonyl (C=O) groups is 1. The molecule has 0 spiro atoms. The maximum absolute atomic E-state index is 13.6. The fourth-order valence-corrected chi connectivity index (χ4v) is 6.53. The Balaban J connectivity index is 1.54. The predicted molar refractivity (Wildman–Crippen MR) is 159 cm³/mol. The van der Waals surface area contributed by atoms with Crippen LogP contribution in [0.4, 0.5) is 14.9 Å². The van der Waals surface area contributed by atoms with Crippen molar-refractivity contribution < 1.29 is 37.7 Å². The first-order valence-electron chi connectivity index (χ1n) is 14.1. The molecule has 0 bridgehead atoms. The van der Waals surface area contributed by atoms with Gasteiger partial charge < -0.3 is 20.1 Å². The molecule has 3 aromatic rings. The van der Waals surface area contributed by atoms with E-state index >= 15 is 0 Å². The Kier molecular flexibility index (Phi) is 10.9. The third-order valence-electron chi connectivity index (χ3n) is 7.18. The lowest BCUT2D eigenvalue weighted by atomic mass is 10.00. The number of aliphatic hydroxyl groups excluding tert-OH is 3. The summed E-state index contributed by atoms with van der Waals surface area (Å²) < 4.78 is 47.3. The average Bonchev–Trinajstić information content (AvgIpc) is 3.38. The molecule has 0 aliphatic carbocycles. The molecule has 3 aromatic carbocycles. The number of ether oxygens (including phenoxy) is 1. The molecule has 4 atom stereocenters. The second-order valence-electron chi connectivity index (χ2n) is 11.0. The molecule has 0 radical (unpaired) electrons. The largest absolute Gasteiger partial charge is 0.440 e. The highest BCUT2D eigenvalue weighted by atomic mass is 32.2. The van der Waals surface area contributed by atoms with E-state index in [1.165, 1.54) is 57.7 Å². The van der Waals surface area contributed by atoms with Gasteiger partial charge in [0.1, 0.15) is 12.0 Å². The van der Waals surface area contributed by atoms with Crippen LogP contribution in [0.25, 0.3) is 0 Å². The first-order chi connectivity index (χ1) is 20.5. The van der Waals surface area contributed by atoms with Crippen LogP contribution in [0.15, 0.2) is 83.8 Å². The Bertz CT molecular complexity index is 1440. The zero-order valence-electron chi connectivity index (χ0n) is 24.1. The second kappa shape index (κ2) is 14.4. The monoisotopic (exact) mass is 615 g/mol. The number of rotatable bonds is 14. The molecule has 4 N–H and O–H groups in total. The highest BCUT2D eigenvalue weighted by molar-refractivity contribution is 7.89. The summed E-state index contributed by atoms with van der Waals surface area (Å²) in [6, 6.07) is 19.6. The number of hydrogen-bond donors (Lipinski definition) is 4. The van der Waals surface area contributed by atoms with Crippen LogP contribution in [0.5, 0.6) is 0 Å². The molecular weight excluding hydrogens is 577 g/mol. The molecule has 43 heavy (non-hydrogen) atoms. The summed E-state index contributed by atoms with van der Waals surface area (Å²) in [4.78, 5) is 13.9. The van der Waals surface area contributed by atoms with Gasteiger partial charge in [-0.05, 0) is 59.9 Å². The number of halogens is 1. The molecule has 1 saturated heterocycles. The summed E-state index contributed by atoms with van der Waals surface area (Å²) in [7, 11) is -4.02. The smallest absolute Gasteiger partial charge is 0.414 e. The van der Waals surface area contributed by atoms with Crippen LogP contribution in [0, 0.1) is 11.7 Å². The molecule has 1 heterocycles. The zero-order valence-corrected chi connectivity index (χ0v) is 24.9. The van der Waals surface area contributed by atoms with E-state index in [0.717, 1.165) is 5.56 Å². The first-order valence-corrected chi connectivity index (χ1v) is 15.5. The highest BCUT2D eigenvalue weighted by Crippen LogP contribution is 2.24. The van der Waals surface area contributed by atoms with Crippen LogP contribution in [0.3, 0.4) is 0 Å². The Morgan fingerprint density at radius 3 is 2.23 bits per heavy atom. The SMILES string of the molecule is CC(C)CN(C[C@@H](O)[C@H](Cc1ccccc1)NC(O)[C@@H]1CN(c2ccc(F)cc2)C(=O)O1)S(=O)(=O)c1ccc(CO)cc1. The van der Waals surface area contributed by atoms with E-state index < -0.39 is 46.4 Å². The Hall–Kier alpha value is -3.39. The lowest BCUT2D eigenvalue weighted by Gasteiger charge is -2.32. The minimum absolute atomic E-state index is 0.0233. The Morgan fingerprint density at radius 1 is 0.977 bits per heavy atom. The maximum atomic E-state index is 13.6. The molecule has 1 aliphatic heterocycles. The molecule has 0 aromatic heterocycles. The summed E-state index contributed by atoms with van der Waals surface area (Å²) in [6.45, 7) is 3.36. The molecule has 4 rings (SSSR count). The van der Waals surface area contributed by atoms with Crippen LogP contribution in [0.2, 0.25) is 0 Å². The summed E-state index contributed by atoms with van der Waals surface area (Å²) in [5, 5.41) is 34.9. The van der Waals surface area contributed by atoms with Gasteiger partial charge in [-0.25, -0.2) is 17.6 Å². The number of cyclic esters (lactones) is 1. The summed E-state index contributed by atoms with van der Waals surface area (Å²) in [5.74, 6) is -0.511. The molecule has 1 unspecified atom stereocenters. The molecule has 232 valence electrons. The highest BCUT2D eigenvalue weighted by Gasteiger charge is 2.39. The van der Waals surface area contributed by atoms with Crippen molar-refractivity contribution in [1.29, 1.82) is 0 Å². The van der Waals surface area contributed by atoms with E-state index in [9.17, 15) is 32.9 Å². The number of carbonyl (C=O) groups excluding carboxylic acids is 1. The van der Waals surface area contributed by atoms with Crippen LogP contribution in [-0.4, -0.2) is 78.2 Å². The summed E-state index contributed by atoms with van der Waals surface area (Å²) >= 11 is 0. The molecular formula is C31H38FN3O7S. The number of sulfonamides is 1. The van der Waals surface area contributed by atoms with Gasteiger partial charge in [-0.2, -0.15) is 4.31 Å². The Morgan fingerprint density at radius 2 is 1.63 bits per heavy atom. The number of aliphatic hydroxyl groups is 3. The number of benzene rings is 3. The van der Waals surface area contributed by atoms with E-state index in [1.807, 2.05) is 44.2 Å². The third kappa shape index (κ3) is 8.37. The van der Waals surface area contributed by atoms with Gasteiger partial charge in [0.2, 0.25) is 10.0 Å². The number of nitrogens with one attached hydrogen (secondary N) is 1. The van der Waals surface area contributed by atoms with E-state index in [4.69, 9.17) is 4.74 Å². The number of anilines is 1. The van der Waals surface area contributed by atoms with Crippen molar-refractivity contribution in [3.63, 3.8) is 0 Å². The molecule has 10 nitrogen and oxygen atoms in total. The van der Waals surface area contributed by atoms with Crippen molar-refractivity contribution in [1.82, 2.24) is 9.62 Å².